The number of nitrogens with zero attached hydrogens (tertiary/aromatic N) is 3. The van der Waals surface area contributed by atoms with Crippen LogP contribution in [0.5, 0.6) is 0 Å². The van der Waals surface area contributed by atoms with Gasteiger partial charge in [-0.25, -0.2) is 22.8 Å². The zero-order valence-corrected chi connectivity index (χ0v) is 12.4. The van der Waals surface area contributed by atoms with E-state index in [1.165, 1.54) is 12.1 Å². The van der Waals surface area contributed by atoms with Crippen molar-refractivity contribution in [2.45, 2.75) is 19.8 Å². The summed E-state index contributed by atoms with van der Waals surface area (Å²) < 4.78 is 40.6. The number of alkyl halides is 2. The second-order valence-electron chi connectivity index (χ2n) is 5.29. The van der Waals surface area contributed by atoms with E-state index in [0.717, 1.165) is 17.3 Å². The van der Waals surface area contributed by atoms with Crippen LogP contribution >= 0.6 is 0 Å². The van der Waals surface area contributed by atoms with Crippen molar-refractivity contribution in [3.63, 3.8) is 0 Å². The molecular weight excluding hydrogens is 303 g/mol. The third kappa shape index (κ3) is 3.59. The number of halogens is 3. The molecule has 1 aromatic carbocycles. The van der Waals surface area contributed by atoms with E-state index in [9.17, 15) is 13.2 Å². The molecule has 3 rings (SSSR count). The molecule has 3 aromatic rings. The first-order valence-electron chi connectivity index (χ1n) is 7.06. The van der Waals surface area contributed by atoms with Gasteiger partial charge in [-0.15, -0.1) is 0 Å². The molecule has 0 bridgehead atoms. The first kappa shape index (κ1) is 15.3. The summed E-state index contributed by atoms with van der Waals surface area (Å²) in [6.45, 7) is 1.87. The van der Waals surface area contributed by atoms with Crippen LogP contribution in [0.25, 0.3) is 5.82 Å². The number of pyridine rings is 1. The van der Waals surface area contributed by atoms with Crippen molar-refractivity contribution in [3.05, 3.63) is 77.0 Å². The van der Waals surface area contributed by atoms with E-state index < -0.39 is 12.2 Å². The van der Waals surface area contributed by atoms with Gasteiger partial charge in [0, 0.05) is 18.0 Å². The smallest absolute Gasteiger partial charge is 0.237 e. The zero-order chi connectivity index (χ0) is 16.4. The van der Waals surface area contributed by atoms with Crippen molar-refractivity contribution < 1.29 is 13.2 Å². The van der Waals surface area contributed by atoms with Crippen LogP contribution in [-0.4, -0.2) is 14.8 Å². The Hall–Kier alpha value is -2.63. The fraction of sp³-hybridized carbons (Fsp3) is 0.176. The molecule has 0 spiro atoms. The average Bonchev–Trinajstić information content (AvgIpc) is 2.93. The standard InChI is InChI=1S/C17H14F3N3/c1-11-3-5-23(22-11)16-9-12(2-4-21-16)6-13-7-14(17(19)20)10-15(18)8-13/h2-5,7-10,17H,6H2,1H3. The van der Waals surface area contributed by atoms with Crippen LogP contribution in [0, 0.1) is 12.7 Å². The second-order valence-corrected chi connectivity index (χ2v) is 5.29. The number of aromatic nitrogens is 3. The highest BCUT2D eigenvalue weighted by atomic mass is 19.3. The molecule has 0 amide bonds. The van der Waals surface area contributed by atoms with Crippen LogP contribution in [0.15, 0.2) is 48.8 Å². The zero-order valence-electron chi connectivity index (χ0n) is 12.4. The lowest BCUT2D eigenvalue weighted by molar-refractivity contribution is 0.151. The molecule has 3 nitrogen and oxygen atoms in total. The van der Waals surface area contributed by atoms with E-state index in [1.807, 2.05) is 13.0 Å². The van der Waals surface area contributed by atoms with E-state index in [4.69, 9.17) is 0 Å². The Morgan fingerprint density at radius 3 is 2.61 bits per heavy atom. The molecule has 0 atom stereocenters. The van der Waals surface area contributed by atoms with E-state index >= 15 is 0 Å². The van der Waals surface area contributed by atoms with Crippen LogP contribution in [0.3, 0.4) is 0 Å². The largest absolute Gasteiger partial charge is 0.263 e. The molecule has 2 heterocycles. The highest BCUT2D eigenvalue weighted by Gasteiger charge is 2.11. The number of benzene rings is 1. The van der Waals surface area contributed by atoms with Gasteiger partial charge in [0.25, 0.3) is 6.43 Å². The third-order valence-corrected chi connectivity index (χ3v) is 3.41. The lowest BCUT2D eigenvalue weighted by Crippen LogP contribution is -2.00. The first-order chi connectivity index (χ1) is 11.0. The fourth-order valence-electron chi connectivity index (χ4n) is 2.38. The Kier molecular flexibility index (Phi) is 4.14. The number of hydrogen-bond acceptors (Lipinski definition) is 2. The highest BCUT2D eigenvalue weighted by molar-refractivity contribution is 5.34. The van der Waals surface area contributed by atoms with Crippen LogP contribution in [-0.2, 0) is 6.42 Å². The Bertz CT molecular complexity index is 827. The Morgan fingerprint density at radius 2 is 1.91 bits per heavy atom. The molecule has 0 saturated carbocycles. The van der Waals surface area contributed by atoms with E-state index in [1.54, 1.807) is 29.2 Å². The Balaban J connectivity index is 1.89. The molecule has 0 aliphatic carbocycles. The summed E-state index contributed by atoms with van der Waals surface area (Å²) in [5, 5.41) is 4.28. The number of aryl methyl sites for hydroxylation is 1. The molecule has 2 aromatic heterocycles. The lowest BCUT2D eigenvalue weighted by Gasteiger charge is -2.07. The summed E-state index contributed by atoms with van der Waals surface area (Å²) >= 11 is 0. The van der Waals surface area contributed by atoms with Gasteiger partial charge in [-0.2, -0.15) is 5.10 Å². The van der Waals surface area contributed by atoms with Gasteiger partial charge in [-0.1, -0.05) is 0 Å². The Morgan fingerprint density at radius 1 is 1.09 bits per heavy atom. The van der Waals surface area contributed by atoms with Crippen molar-refractivity contribution in [2.24, 2.45) is 0 Å². The third-order valence-electron chi connectivity index (χ3n) is 3.41. The quantitative estimate of drug-likeness (QED) is 0.720. The van der Waals surface area contributed by atoms with Crippen LogP contribution < -0.4 is 0 Å². The molecule has 0 radical (unpaired) electrons. The topological polar surface area (TPSA) is 30.7 Å². The van der Waals surface area contributed by atoms with Crippen LogP contribution in [0.1, 0.15) is 28.8 Å². The van der Waals surface area contributed by atoms with Crippen molar-refractivity contribution in [1.82, 2.24) is 14.8 Å². The molecule has 118 valence electrons. The molecule has 0 aliphatic rings. The maximum atomic E-state index is 13.5. The highest BCUT2D eigenvalue weighted by Crippen LogP contribution is 2.23. The van der Waals surface area contributed by atoms with Crippen LogP contribution in [0.2, 0.25) is 0 Å². The van der Waals surface area contributed by atoms with Crippen molar-refractivity contribution in [3.8, 4) is 5.82 Å². The van der Waals surface area contributed by atoms with Gasteiger partial charge in [0.1, 0.15) is 5.82 Å². The minimum absolute atomic E-state index is 0.308. The van der Waals surface area contributed by atoms with Crippen LogP contribution in [0.4, 0.5) is 13.2 Å². The first-order valence-corrected chi connectivity index (χ1v) is 7.06. The van der Waals surface area contributed by atoms with E-state index in [0.29, 0.717) is 17.8 Å². The lowest BCUT2D eigenvalue weighted by atomic mass is 10.0. The minimum Gasteiger partial charge on any atom is -0.237 e. The molecule has 23 heavy (non-hydrogen) atoms. The molecule has 0 aliphatic heterocycles. The van der Waals surface area contributed by atoms with Crippen molar-refractivity contribution >= 4 is 0 Å². The number of rotatable bonds is 4. The SMILES string of the molecule is Cc1ccn(-c2cc(Cc3cc(F)cc(C(F)F)c3)ccn2)n1. The van der Waals surface area contributed by atoms with Gasteiger partial charge in [0.15, 0.2) is 5.82 Å². The Labute approximate surface area is 131 Å². The maximum Gasteiger partial charge on any atom is 0.263 e. The van der Waals surface area contributed by atoms with Crippen molar-refractivity contribution in [2.75, 3.05) is 0 Å². The van der Waals surface area contributed by atoms with Crippen molar-refractivity contribution in [1.29, 1.82) is 0 Å². The summed E-state index contributed by atoms with van der Waals surface area (Å²) in [6.07, 6.45) is 1.06. The summed E-state index contributed by atoms with van der Waals surface area (Å²) in [4.78, 5) is 4.23. The van der Waals surface area contributed by atoms with Gasteiger partial charge in [0.05, 0.1) is 5.69 Å². The predicted molar refractivity (Wildman–Crippen MR) is 80.3 cm³/mol. The molecule has 6 heteroatoms. The molecule has 0 saturated heterocycles. The summed E-state index contributed by atoms with van der Waals surface area (Å²) in [6, 6.07) is 8.89. The monoisotopic (exact) mass is 317 g/mol. The molecule has 0 fully saturated rings. The maximum absolute atomic E-state index is 13.5. The van der Waals surface area contributed by atoms with E-state index in [2.05, 4.69) is 10.1 Å². The summed E-state index contributed by atoms with van der Waals surface area (Å²) in [5.74, 6) is -0.0316. The second kappa shape index (κ2) is 6.24. The van der Waals surface area contributed by atoms with Gasteiger partial charge in [-0.05, 0) is 60.9 Å². The summed E-state index contributed by atoms with van der Waals surface area (Å²) in [5.41, 5.74) is 1.89. The van der Waals surface area contributed by atoms with Gasteiger partial charge >= 0.3 is 0 Å². The summed E-state index contributed by atoms with van der Waals surface area (Å²) in [7, 11) is 0. The fourth-order valence-corrected chi connectivity index (χ4v) is 2.38. The predicted octanol–water partition coefficient (Wildman–Crippen LogP) is 4.24. The van der Waals surface area contributed by atoms with E-state index in [-0.39, 0.29) is 5.56 Å². The minimum atomic E-state index is -2.69. The average molecular weight is 317 g/mol. The molecule has 0 unspecified atom stereocenters. The van der Waals surface area contributed by atoms with Gasteiger partial charge in [-0.3, -0.25) is 0 Å². The molecular formula is C17H14F3N3. The van der Waals surface area contributed by atoms with Gasteiger partial charge < -0.3 is 0 Å². The van der Waals surface area contributed by atoms with Gasteiger partial charge in [0.2, 0.25) is 0 Å². The molecule has 0 N–H and O–H groups in total. The number of hydrogen-bond donors (Lipinski definition) is 0. The normalized spacial score (nSPS) is 11.2.